The van der Waals surface area contributed by atoms with E-state index in [9.17, 15) is 0 Å². The van der Waals surface area contributed by atoms with Crippen molar-refractivity contribution in [1.29, 1.82) is 0 Å². The molecule has 0 saturated heterocycles. The van der Waals surface area contributed by atoms with Gasteiger partial charge in [0.05, 0.1) is 0 Å². The van der Waals surface area contributed by atoms with E-state index in [1.807, 2.05) is 32.9 Å². The van der Waals surface area contributed by atoms with Crippen molar-refractivity contribution >= 4 is 11.6 Å². The van der Waals surface area contributed by atoms with Crippen molar-refractivity contribution in [3.8, 4) is 0 Å². The summed E-state index contributed by atoms with van der Waals surface area (Å²) in [7, 11) is 0. The van der Waals surface area contributed by atoms with Gasteiger partial charge in [-0.05, 0) is 31.9 Å². The molecule has 0 aromatic carbocycles. The number of rotatable bonds is 2. The van der Waals surface area contributed by atoms with Crippen molar-refractivity contribution < 1.29 is 0 Å². The van der Waals surface area contributed by atoms with Crippen molar-refractivity contribution in [2.75, 3.05) is 0 Å². The molecule has 0 heterocycles. The monoisotopic (exact) mass is 156 g/mol. The minimum atomic E-state index is 0.808. The molecule has 0 aliphatic heterocycles. The summed E-state index contributed by atoms with van der Waals surface area (Å²) in [6.45, 7) is 9.63. The zero-order valence-electron chi connectivity index (χ0n) is 6.74. The van der Waals surface area contributed by atoms with Crippen LogP contribution in [0.15, 0.2) is 34.9 Å². The van der Waals surface area contributed by atoms with Crippen LogP contribution in [0.3, 0.4) is 0 Å². The second-order valence-electron chi connectivity index (χ2n) is 2.18. The Balaban J connectivity index is 4.38. The summed E-state index contributed by atoms with van der Waals surface area (Å²) in [5.74, 6) is 0. The molecule has 0 unspecified atom stereocenters. The van der Waals surface area contributed by atoms with Gasteiger partial charge in [-0.15, -0.1) is 0 Å². The molecular weight excluding hydrogens is 144 g/mol. The molecule has 10 heavy (non-hydrogen) atoms. The molecule has 1 heteroatoms. The average Bonchev–Trinajstić information content (AvgIpc) is 1.87. The molecule has 0 aliphatic rings. The van der Waals surface area contributed by atoms with Crippen LogP contribution in [0, 0.1) is 0 Å². The summed E-state index contributed by atoms with van der Waals surface area (Å²) in [4.78, 5) is 0. The van der Waals surface area contributed by atoms with Crippen LogP contribution in [-0.4, -0.2) is 0 Å². The zero-order chi connectivity index (χ0) is 8.15. The number of hydrogen-bond donors (Lipinski definition) is 0. The second kappa shape index (κ2) is 4.35. The van der Waals surface area contributed by atoms with Gasteiger partial charge in [0.2, 0.25) is 0 Å². The lowest BCUT2D eigenvalue weighted by Crippen LogP contribution is -1.79. The average molecular weight is 157 g/mol. The molecule has 0 amide bonds. The van der Waals surface area contributed by atoms with E-state index in [0.29, 0.717) is 0 Å². The normalized spacial score (nSPS) is 13.6. The highest BCUT2D eigenvalue weighted by atomic mass is 35.5. The number of halogens is 1. The maximum absolute atomic E-state index is 5.74. The lowest BCUT2D eigenvalue weighted by atomic mass is 10.1. The molecule has 0 nitrogen and oxygen atoms in total. The third kappa shape index (κ3) is 2.88. The first kappa shape index (κ1) is 9.51. The lowest BCUT2D eigenvalue weighted by molar-refractivity contribution is 1.38. The molecule has 0 bridgehead atoms. The van der Waals surface area contributed by atoms with Gasteiger partial charge >= 0.3 is 0 Å². The van der Waals surface area contributed by atoms with E-state index in [4.69, 9.17) is 11.6 Å². The SMILES string of the molecule is C=C(/C=C\C)/C(C)=C(/C)Cl. The van der Waals surface area contributed by atoms with Gasteiger partial charge in [0, 0.05) is 5.03 Å². The standard InChI is InChI=1S/C9H13Cl/c1-5-6-7(2)8(3)9(4)10/h5-6H,2H2,1,3-4H3/b6-5-,9-8-. The van der Waals surface area contributed by atoms with E-state index in [1.165, 1.54) is 0 Å². The van der Waals surface area contributed by atoms with Gasteiger partial charge in [0.1, 0.15) is 0 Å². The van der Waals surface area contributed by atoms with E-state index in [-0.39, 0.29) is 0 Å². The first-order chi connectivity index (χ1) is 4.59. The number of allylic oxidation sites excluding steroid dienone is 5. The van der Waals surface area contributed by atoms with Crippen molar-refractivity contribution in [2.45, 2.75) is 20.8 Å². The third-order valence-electron chi connectivity index (χ3n) is 1.37. The van der Waals surface area contributed by atoms with Crippen LogP contribution in [0.5, 0.6) is 0 Å². The van der Waals surface area contributed by atoms with Crippen LogP contribution >= 0.6 is 11.6 Å². The summed E-state index contributed by atoms with van der Waals surface area (Å²) in [6, 6.07) is 0. The van der Waals surface area contributed by atoms with Crippen molar-refractivity contribution in [1.82, 2.24) is 0 Å². The van der Waals surface area contributed by atoms with Gasteiger partial charge in [-0.3, -0.25) is 0 Å². The Morgan fingerprint density at radius 3 is 2.20 bits per heavy atom. The summed E-state index contributed by atoms with van der Waals surface area (Å²) in [5.41, 5.74) is 2.04. The van der Waals surface area contributed by atoms with Crippen molar-refractivity contribution in [3.63, 3.8) is 0 Å². The third-order valence-corrected chi connectivity index (χ3v) is 1.65. The van der Waals surface area contributed by atoms with Crippen LogP contribution in [0.2, 0.25) is 0 Å². The van der Waals surface area contributed by atoms with Crippen LogP contribution in [-0.2, 0) is 0 Å². The summed E-state index contributed by atoms with van der Waals surface area (Å²) in [6.07, 6.45) is 3.90. The Hall–Kier alpha value is -0.490. The van der Waals surface area contributed by atoms with Gasteiger partial charge in [-0.25, -0.2) is 0 Å². The first-order valence-electron chi connectivity index (χ1n) is 3.24. The fourth-order valence-electron chi connectivity index (χ4n) is 0.547. The quantitative estimate of drug-likeness (QED) is 0.536. The molecule has 0 atom stereocenters. The maximum atomic E-state index is 5.74. The maximum Gasteiger partial charge on any atom is 0.0184 e. The highest BCUT2D eigenvalue weighted by Crippen LogP contribution is 2.15. The van der Waals surface area contributed by atoms with E-state index >= 15 is 0 Å². The van der Waals surface area contributed by atoms with Gasteiger partial charge in [0.15, 0.2) is 0 Å². The first-order valence-corrected chi connectivity index (χ1v) is 3.62. The fraction of sp³-hybridized carbons (Fsp3) is 0.333. The smallest absolute Gasteiger partial charge is 0.0184 e. The molecule has 0 spiro atoms. The van der Waals surface area contributed by atoms with E-state index in [1.54, 1.807) is 0 Å². The largest absolute Gasteiger partial charge is 0.0915 e. The molecule has 0 aromatic rings. The molecule has 0 rings (SSSR count). The Labute approximate surface area is 67.9 Å². The van der Waals surface area contributed by atoms with E-state index in [0.717, 1.165) is 16.2 Å². The van der Waals surface area contributed by atoms with Crippen LogP contribution in [0.4, 0.5) is 0 Å². The molecule has 0 aromatic heterocycles. The molecular formula is C9H13Cl. The predicted molar refractivity (Wildman–Crippen MR) is 48.2 cm³/mol. The van der Waals surface area contributed by atoms with Crippen LogP contribution in [0.25, 0.3) is 0 Å². The Morgan fingerprint density at radius 1 is 1.40 bits per heavy atom. The van der Waals surface area contributed by atoms with Gasteiger partial charge < -0.3 is 0 Å². The van der Waals surface area contributed by atoms with Gasteiger partial charge in [-0.1, -0.05) is 30.3 Å². The second-order valence-corrected chi connectivity index (χ2v) is 2.75. The van der Waals surface area contributed by atoms with Crippen molar-refractivity contribution in [2.24, 2.45) is 0 Å². The van der Waals surface area contributed by atoms with E-state index in [2.05, 4.69) is 6.58 Å². The van der Waals surface area contributed by atoms with Gasteiger partial charge in [0.25, 0.3) is 0 Å². The predicted octanol–water partition coefficient (Wildman–Crippen LogP) is 3.65. The number of hydrogen-bond acceptors (Lipinski definition) is 0. The molecule has 0 radical (unpaired) electrons. The highest BCUT2D eigenvalue weighted by Gasteiger charge is 1.94. The summed E-state index contributed by atoms with van der Waals surface area (Å²) < 4.78 is 0. The lowest BCUT2D eigenvalue weighted by Gasteiger charge is -1.99. The van der Waals surface area contributed by atoms with Crippen molar-refractivity contribution in [3.05, 3.63) is 34.9 Å². The minimum absolute atomic E-state index is 0.808. The zero-order valence-corrected chi connectivity index (χ0v) is 7.50. The topological polar surface area (TPSA) is 0 Å². The molecule has 0 N–H and O–H groups in total. The minimum Gasteiger partial charge on any atom is -0.0915 e. The Bertz CT molecular complexity index is 181. The van der Waals surface area contributed by atoms with Gasteiger partial charge in [-0.2, -0.15) is 0 Å². The summed E-state index contributed by atoms with van der Waals surface area (Å²) >= 11 is 5.74. The van der Waals surface area contributed by atoms with Crippen LogP contribution in [0.1, 0.15) is 20.8 Å². The fourth-order valence-corrected chi connectivity index (χ4v) is 0.669. The van der Waals surface area contributed by atoms with Crippen LogP contribution < -0.4 is 0 Å². The Kier molecular flexibility index (Phi) is 4.13. The molecule has 0 fully saturated rings. The Morgan fingerprint density at radius 2 is 1.90 bits per heavy atom. The molecule has 0 saturated carbocycles. The summed E-state index contributed by atoms with van der Waals surface area (Å²) in [5, 5.41) is 0.808. The highest BCUT2D eigenvalue weighted by molar-refractivity contribution is 6.29. The molecule has 0 aliphatic carbocycles. The van der Waals surface area contributed by atoms with E-state index < -0.39 is 0 Å². The molecule has 56 valence electrons.